The molecule has 0 heteroatoms. The van der Waals surface area contributed by atoms with Crippen LogP contribution in [0.4, 0.5) is 0 Å². The summed E-state index contributed by atoms with van der Waals surface area (Å²) in [5, 5.41) is 0. The molecule has 0 bridgehead atoms. The van der Waals surface area contributed by atoms with E-state index in [1.54, 1.807) is 0 Å². The van der Waals surface area contributed by atoms with E-state index >= 15 is 0 Å². The molecular weight excluding hydrogens is 84.1 g/mol. The van der Waals surface area contributed by atoms with Gasteiger partial charge in [-0.05, 0) is 11.8 Å². The second kappa shape index (κ2) is 1.85. The van der Waals surface area contributed by atoms with Crippen molar-refractivity contribution in [2.45, 2.75) is 26.2 Å². The van der Waals surface area contributed by atoms with Gasteiger partial charge in [0, 0.05) is 0 Å². The zero-order chi connectivity index (χ0) is 5.28. The van der Waals surface area contributed by atoms with Gasteiger partial charge in [-0.25, -0.2) is 0 Å². The van der Waals surface area contributed by atoms with Crippen molar-refractivity contribution in [3.8, 4) is 0 Å². The van der Waals surface area contributed by atoms with Gasteiger partial charge in [0.05, 0.1) is 0 Å². The van der Waals surface area contributed by atoms with Crippen LogP contribution in [0.2, 0.25) is 0 Å². The van der Waals surface area contributed by atoms with Crippen LogP contribution in [0.25, 0.3) is 0 Å². The van der Waals surface area contributed by atoms with Crippen molar-refractivity contribution in [2.75, 3.05) is 0 Å². The summed E-state index contributed by atoms with van der Waals surface area (Å²) in [7, 11) is 0. The Bertz CT molecular complexity index is 51.1. The number of hydrogen-bond acceptors (Lipinski definition) is 0. The van der Waals surface area contributed by atoms with Gasteiger partial charge in [0.1, 0.15) is 0 Å². The minimum Gasteiger partial charge on any atom is -0.0622 e. The minimum absolute atomic E-state index is 0.703. The van der Waals surface area contributed by atoms with E-state index in [1.807, 2.05) is 0 Å². The van der Waals surface area contributed by atoms with E-state index < -0.39 is 0 Å². The van der Waals surface area contributed by atoms with Gasteiger partial charge in [-0.1, -0.05) is 33.1 Å². The van der Waals surface area contributed by atoms with Crippen molar-refractivity contribution in [3.63, 3.8) is 0 Å². The summed E-state index contributed by atoms with van der Waals surface area (Å²) in [6.45, 7) is 6.17. The average Bonchev–Trinajstić information content (AvgIpc) is 1.23. The summed E-state index contributed by atoms with van der Waals surface area (Å²) in [4.78, 5) is 0. The van der Waals surface area contributed by atoms with Crippen LogP contribution >= 0.6 is 0 Å². The van der Waals surface area contributed by atoms with E-state index in [0.29, 0.717) is 5.92 Å². The molecule has 1 radical (unpaired) electrons. The van der Waals surface area contributed by atoms with Crippen LogP contribution in [0.3, 0.4) is 0 Å². The molecule has 7 heavy (non-hydrogen) atoms. The molecule has 1 aliphatic rings. The predicted molar refractivity (Wildman–Crippen MR) is 31.9 cm³/mol. The molecule has 1 unspecified atom stereocenters. The SMILES string of the molecule is [CH2]C(C)C1CCC1. The third-order valence-electron chi connectivity index (χ3n) is 1.95. The Balaban J connectivity index is 2.14. The first-order chi connectivity index (χ1) is 3.30. The van der Waals surface area contributed by atoms with Gasteiger partial charge in [0.15, 0.2) is 0 Å². The summed E-state index contributed by atoms with van der Waals surface area (Å²) in [5.41, 5.74) is 0. The molecule has 1 aliphatic carbocycles. The highest BCUT2D eigenvalue weighted by molar-refractivity contribution is 4.75. The molecule has 0 N–H and O–H groups in total. The molecule has 0 spiro atoms. The van der Waals surface area contributed by atoms with Gasteiger partial charge in [-0.3, -0.25) is 0 Å². The fourth-order valence-electron chi connectivity index (χ4n) is 1.01. The van der Waals surface area contributed by atoms with E-state index in [1.165, 1.54) is 19.3 Å². The second-order valence-corrected chi connectivity index (χ2v) is 2.67. The van der Waals surface area contributed by atoms with E-state index in [0.717, 1.165) is 5.92 Å². The highest BCUT2D eigenvalue weighted by Crippen LogP contribution is 2.32. The van der Waals surface area contributed by atoms with E-state index in [4.69, 9.17) is 0 Å². The first-order valence-corrected chi connectivity index (χ1v) is 3.14. The van der Waals surface area contributed by atoms with Crippen LogP contribution in [0.15, 0.2) is 0 Å². The average molecular weight is 97.2 g/mol. The van der Waals surface area contributed by atoms with Crippen LogP contribution in [0.5, 0.6) is 0 Å². The lowest BCUT2D eigenvalue weighted by Crippen LogP contribution is -2.16. The molecule has 0 aromatic rings. The van der Waals surface area contributed by atoms with Crippen molar-refractivity contribution in [1.82, 2.24) is 0 Å². The largest absolute Gasteiger partial charge is 0.0622 e. The third kappa shape index (κ3) is 0.960. The lowest BCUT2D eigenvalue weighted by Gasteiger charge is -2.28. The lowest BCUT2D eigenvalue weighted by molar-refractivity contribution is 0.253. The smallest absolute Gasteiger partial charge is 0.0388 e. The van der Waals surface area contributed by atoms with Gasteiger partial charge in [0.25, 0.3) is 0 Å². The van der Waals surface area contributed by atoms with Crippen molar-refractivity contribution < 1.29 is 0 Å². The predicted octanol–water partition coefficient (Wildman–Crippen LogP) is 2.26. The topological polar surface area (TPSA) is 0 Å². The molecular formula is C7H13. The fourth-order valence-corrected chi connectivity index (χ4v) is 1.01. The molecule has 0 aliphatic heterocycles. The third-order valence-corrected chi connectivity index (χ3v) is 1.95. The van der Waals surface area contributed by atoms with Crippen LogP contribution in [-0.2, 0) is 0 Å². The summed E-state index contributed by atoms with van der Waals surface area (Å²) < 4.78 is 0. The quantitative estimate of drug-likeness (QED) is 0.470. The Morgan fingerprint density at radius 2 is 2.14 bits per heavy atom. The Morgan fingerprint density at radius 3 is 2.14 bits per heavy atom. The maximum absolute atomic E-state index is 3.96. The molecule has 1 fully saturated rings. The van der Waals surface area contributed by atoms with Crippen molar-refractivity contribution in [3.05, 3.63) is 6.92 Å². The summed E-state index contributed by atoms with van der Waals surface area (Å²) in [6, 6.07) is 0. The van der Waals surface area contributed by atoms with Gasteiger partial charge in [0.2, 0.25) is 0 Å². The van der Waals surface area contributed by atoms with Gasteiger partial charge in [-0.2, -0.15) is 0 Å². The second-order valence-electron chi connectivity index (χ2n) is 2.67. The first-order valence-electron chi connectivity index (χ1n) is 3.14. The Hall–Kier alpha value is 0. The Labute approximate surface area is 45.9 Å². The summed E-state index contributed by atoms with van der Waals surface area (Å²) in [6.07, 6.45) is 4.32. The summed E-state index contributed by atoms with van der Waals surface area (Å²) in [5.74, 6) is 1.67. The van der Waals surface area contributed by atoms with Crippen molar-refractivity contribution >= 4 is 0 Å². The molecule has 0 heterocycles. The first kappa shape index (κ1) is 5.14. The molecule has 1 saturated carbocycles. The molecule has 41 valence electrons. The lowest BCUT2D eigenvalue weighted by atomic mass is 9.78. The zero-order valence-corrected chi connectivity index (χ0v) is 4.98. The van der Waals surface area contributed by atoms with Crippen LogP contribution in [-0.4, -0.2) is 0 Å². The highest BCUT2D eigenvalue weighted by atomic mass is 14.3. The van der Waals surface area contributed by atoms with Crippen LogP contribution in [0.1, 0.15) is 26.2 Å². The normalized spacial score (nSPS) is 22.7. The standard InChI is InChI=1S/C7H13/c1-6(2)7-4-3-5-7/h6-7H,1,3-5H2,2H3. The molecule has 0 saturated heterocycles. The van der Waals surface area contributed by atoms with E-state index in [9.17, 15) is 0 Å². The van der Waals surface area contributed by atoms with Crippen molar-refractivity contribution in [2.24, 2.45) is 11.8 Å². The molecule has 1 atom stereocenters. The molecule has 0 amide bonds. The summed E-state index contributed by atoms with van der Waals surface area (Å²) >= 11 is 0. The van der Waals surface area contributed by atoms with Crippen LogP contribution < -0.4 is 0 Å². The molecule has 0 aromatic carbocycles. The molecule has 1 rings (SSSR count). The van der Waals surface area contributed by atoms with E-state index in [-0.39, 0.29) is 0 Å². The maximum Gasteiger partial charge on any atom is -0.0388 e. The fraction of sp³-hybridized carbons (Fsp3) is 0.857. The van der Waals surface area contributed by atoms with Gasteiger partial charge < -0.3 is 0 Å². The molecule has 0 aromatic heterocycles. The zero-order valence-electron chi connectivity index (χ0n) is 4.98. The number of hydrogen-bond donors (Lipinski definition) is 0. The van der Waals surface area contributed by atoms with Gasteiger partial charge >= 0.3 is 0 Å². The van der Waals surface area contributed by atoms with E-state index in [2.05, 4.69) is 13.8 Å². The monoisotopic (exact) mass is 97.1 g/mol. The van der Waals surface area contributed by atoms with Gasteiger partial charge in [-0.15, -0.1) is 0 Å². The highest BCUT2D eigenvalue weighted by Gasteiger charge is 2.19. The Kier molecular flexibility index (Phi) is 1.36. The Morgan fingerprint density at radius 1 is 1.57 bits per heavy atom. The maximum atomic E-state index is 3.96. The molecule has 0 nitrogen and oxygen atoms in total. The van der Waals surface area contributed by atoms with Crippen LogP contribution in [0, 0.1) is 18.8 Å². The van der Waals surface area contributed by atoms with Crippen molar-refractivity contribution in [1.29, 1.82) is 0 Å². The minimum atomic E-state index is 0.703. The number of rotatable bonds is 1.